The second-order valence-electron chi connectivity index (χ2n) is 3.81. The van der Waals surface area contributed by atoms with E-state index >= 15 is 0 Å². The highest BCUT2D eigenvalue weighted by Gasteiger charge is 2.13. The number of nitro groups is 1. The number of hydrogen-bond donors (Lipinski definition) is 1. The lowest BCUT2D eigenvalue weighted by Gasteiger charge is -2.24. The topological polar surface area (TPSA) is 66.6 Å². The molecule has 5 heteroatoms. The minimum absolute atomic E-state index is 0.0188. The number of nitrogens with zero attached hydrogens (tertiary/aromatic N) is 2. The molecule has 1 aromatic rings. The summed E-state index contributed by atoms with van der Waals surface area (Å²) in [6.07, 6.45) is 0.996. The van der Waals surface area contributed by atoms with Crippen LogP contribution in [0.2, 0.25) is 0 Å². The summed E-state index contributed by atoms with van der Waals surface area (Å²) in [6.45, 7) is 5.61. The Morgan fingerprint density at radius 1 is 1.41 bits per heavy atom. The zero-order valence-electron chi connectivity index (χ0n) is 10.2. The Hall–Kier alpha value is -1.62. The summed E-state index contributed by atoms with van der Waals surface area (Å²) in [5, 5.41) is 19.9. The molecule has 0 saturated heterocycles. The number of nitro benzene ring substituents is 1. The molecule has 0 aliphatic heterocycles. The van der Waals surface area contributed by atoms with E-state index in [1.807, 2.05) is 6.92 Å². The Kier molecular flexibility index (Phi) is 4.90. The van der Waals surface area contributed by atoms with Crippen molar-refractivity contribution in [2.75, 3.05) is 18.0 Å². The minimum Gasteiger partial charge on any atom is -0.392 e. The quantitative estimate of drug-likeness (QED) is 0.610. The maximum atomic E-state index is 10.7. The number of aliphatic hydroxyl groups excluding tert-OH is 1. The maximum absolute atomic E-state index is 10.7. The van der Waals surface area contributed by atoms with Crippen LogP contribution in [0.3, 0.4) is 0 Å². The third kappa shape index (κ3) is 3.17. The molecular formula is C12H18N2O3. The summed E-state index contributed by atoms with van der Waals surface area (Å²) in [5.41, 5.74) is 1.50. The van der Waals surface area contributed by atoms with Gasteiger partial charge in [0, 0.05) is 36.5 Å². The molecule has 0 amide bonds. The number of hydrogen-bond acceptors (Lipinski definition) is 4. The van der Waals surface area contributed by atoms with Gasteiger partial charge in [-0.3, -0.25) is 10.1 Å². The molecule has 0 aliphatic carbocycles. The Labute approximate surface area is 101 Å². The maximum Gasteiger partial charge on any atom is 0.269 e. The standard InChI is InChI=1S/C12H18N2O3/c1-3-7-13(4-2)12-6-5-11(14(16)17)8-10(12)9-15/h5-6,8,15H,3-4,7,9H2,1-2H3. The fourth-order valence-corrected chi connectivity index (χ4v) is 1.84. The van der Waals surface area contributed by atoms with Gasteiger partial charge in [-0.15, -0.1) is 0 Å². The second-order valence-corrected chi connectivity index (χ2v) is 3.81. The van der Waals surface area contributed by atoms with Crippen molar-refractivity contribution in [1.29, 1.82) is 0 Å². The molecule has 17 heavy (non-hydrogen) atoms. The fourth-order valence-electron chi connectivity index (χ4n) is 1.84. The van der Waals surface area contributed by atoms with Gasteiger partial charge < -0.3 is 10.0 Å². The first-order valence-corrected chi connectivity index (χ1v) is 5.77. The second kappa shape index (κ2) is 6.20. The van der Waals surface area contributed by atoms with Crippen LogP contribution < -0.4 is 4.90 Å². The van der Waals surface area contributed by atoms with E-state index in [4.69, 9.17) is 0 Å². The number of anilines is 1. The first-order valence-electron chi connectivity index (χ1n) is 5.77. The van der Waals surface area contributed by atoms with E-state index in [-0.39, 0.29) is 12.3 Å². The molecular weight excluding hydrogens is 220 g/mol. The average Bonchev–Trinajstić information content (AvgIpc) is 2.35. The lowest BCUT2D eigenvalue weighted by Crippen LogP contribution is -2.24. The monoisotopic (exact) mass is 238 g/mol. The summed E-state index contributed by atoms with van der Waals surface area (Å²) in [6, 6.07) is 4.63. The molecule has 0 radical (unpaired) electrons. The first kappa shape index (κ1) is 13.4. The van der Waals surface area contributed by atoms with Gasteiger partial charge in [0.05, 0.1) is 11.5 Å². The van der Waals surface area contributed by atoms with E-state index < -0.39 is 4.92 Å². The summed E-state index contributed by atoms with van der Waals surface area (Å²) in [5.74, 6) is 0. The van der Waals surface area contributed by atoms with Crippen LogP contribution in [-0.2, 0) is 6.61 Å². The van der Waals surface area contributed by atoms with E-state index in [0.29, 0.717) is 5.56 Å². The normalized spacial score (nSPS) is 10.3. The van der Waals surface area contributed by atoms with Crippen LogP contribution in [0, 0.1) is 10.1 Å². The Bertz CT molecular complexity index is 393. The van der Waals surface area contributed by atoms with E-state index in [2.05, 4.69) is 11.8 Å². The molecule has 0 spiro atoms. The highest BCUT2D eigenvalue weighted by atomic mass is 16.6. The summed E-state index contributed by atoms with van der Waals surface area (Å²) in [4.78, 5) is 12.3. The van der Waals surface area contributed by atoms with Crippen LogP contribution in [0.15, 0.2) is 18.2 Å². The van der Waals surface area contributed by atoms with E-state index in [9.17, 15) is 15.2 Å². The number of non-ortho nitro benzene ring substituents is 1. The highest BCUT2D eigenvalue weighted by molar-refractivity contribution is 5.57. The van der Waals surface area contributed by atoms with Gasteiger partial charge in [0.25, 0.3) is 5.69 Å². The molecule has 0 bridgehead atoms. The Morgan fingerprint density at radius 3 is 2.59 bits per heavy atom. The van der Waals surface area contributed by atoms with Crippen molar-refractivity contribution in [2.24, 2.45) is 0 Å². The van der Waals surface area contributed by atoms with Gasteiger partial charge in [-0.05, 0) is 19.4 Å². The van der Waals surface area contributed by atoms with Crippen LogP contribution in [-0.4, -0.2) is 23.1 Å². The summed E-state index contributed by atoms with van der Waals surface area (Å²) in [7, 11) is 0. The molecule has 0 fully saturated rings. The van der Waals surface area contributed by atoms with Crippen molar-refractivity contribution in [3.63, 3.8) is 0 Å². The van der Waals surface area contributed by atoms with E-state index in [1.54, 1.807) is 6.07 Å². The van der Waals surface area contributed by atoms with Crippen LogP contribution >= 0.6 is 0 Å². The summed E-state index contributed by atoms with van der Waals surface area (Å²) < 4.78 is 0. The fraction of sp³-hybridized carbons (Fsp3) is 0.500. The molecule has 0 atom stereocenters. The van der Waals surface area contributed by atoms with Crippen molar-refractivity contribution in [3.8, 4) is 0 Å². The largest absolute Gasteiger partial charge is 0.392 e. The highest BCUT2D eigenvalue weighted by Crippen LogP contribution is 2.25. The molecule has 0 saturated carbocycles. The summed E-state index contributed by atoms with van der Waals surface area (Å²) >= 11 is 0. The zero-order chi connectivity index (χ0) is 12.8. The Morgan fingerprint density at radius 2 is 2.12 bits per heavy atom. The van der Waals surface area contributed by atoms with Crippen LogP contribution in [0.4, 0.5) is 11.4 Å². The number of benzene rings is 1. The predicted molar refractivity (Wildman–Crippen MR) is 67.2 cm³/mol. The van der Waals surface area contributed by atoms with Gasteiger partial charge in [-0.25, -0.2) is 0 Å². The minimum atomic E-state index is -0.445. The molecule has 5 nitrogen and oxygen atoms in total. The molecule has 1 rings (SSSR count). The van der Waals surface area contributed by atoms with E-state index in [1.165, 1.54) is 12.1 Å². The predicted octanol–water partition coefficient (Wildman–Crippen LogP) is 2.32. The first-order chi connectivity index (χ1) is 8.13. The molecule has 0 aliphatic rings. The molecule has 94 valence electrons. The van der Waals surface area contributed by atoms with Crippen LogP contribution in [0.25, 0.3) is 0 Å². The van der Waals surface area contributed by atoms with Gasteiger partial charge in [0.15, 0.2) is 0 Å². The number of aliphatic hydroxyl groups is 1. The van der Waals surface area contributed by atoms with Gasteiger partial charge in [-0.2, -0.15) is 0 Å². The van der Waals surface area contributed by atoms with Crippen LogP contribution in [0.5, 0.6) is 0 Å². The van der Waals surface area contributed by atoms with Crippen molar-refractivity contribution in [1.82, 2.24) is 0 Å². The zero-order valence-corrected chi connectivity index (χ0v) is 10.2. The third-order valence-electron chi connectivity index (χ3n) is 2.66. The molecule has 0 unspecified atom stereocenters. The van der Waals surface area contributed by atoms with Crippen LogP contribution in [0.1, 0.15) is 25.8 Å². The van der Waals surface area contributed by atoms with E-state index in [0.717, 1.165) is 25.2 Å². The lowest BCUT2D eigenvalue weighted by molar-refractivity contribution is -0.384. The Balaban J connectivity index is 3.10. The van der Waals surface area contributed by atoms with Gasteiger partial charge in [0.2, 0.25) is 0 Å². The van der Waals surface area contributed by atoms with Crippen molar-refractivity contribution in [3.05, 3.63) is 33.9 Å². The molecule has 0 heterocycles. The van der Waals surface area contributed by atoms with Gasteiger partial charge in [-0.1, -0.05) is 6.92 Å². The third-order valence-corrected chi connectivity index (χ3v) is 2.66. The van der Waals surface area contributed by atoms with Gasteiger partial charge in [0.1, 0.15) is 0 Å². The van der Waals surface area contributed by atoms with Gasteiger partial charge >= 0.3 is 0 Å². The van der Waals surface area contributed by atoms with Crippen molar-refractivity contribution < 1.29 is 10.0 Å². The average molecular weight is 238 g/mol. The number of rotatable bonds is 6. The smallest absolute Gasteiger partial charge is 0.269 e. The van der Waals surface area contributed by atoms with Crippen molar-refractivity contribution in [2.45, 2.75) is 26.9 Å². The van der Waals surface area contributed by atoms with Crippen molar-refractivity contribution >= 4 is 11.4 Å². The lowest BCUT2D eigenvalue weighted by atomic mass is 10.1. The molecule has 1 N–H and O–H groups in total. The SMILES string of the molecule is CCCN(CC)c1ccc([N+](=O)[O-])cc1CO. The molecule has 1 aromatic carbocycles. The molecule has 0 aromatic heterocycles.